The summed E-state index contributed by atoms with van der Waals surface area (Å²) in [7, 11) is 0. The van der Waals surface area contributed by atoms with Gasteiger partial charge in [-0.2, -0.15) is 0 Å². The highest BCUT2D eigenvalue weighted by atomic mass is 127. The highest BCUT2D eigenvalue weighted by molar-refractivity contribution is 4.83. The minimum atomic E-state index is 0. The zero-order valence-electron chi connectivity index (χ0n) is 5.49. The summed E-state index contributed by atoms with van der Waals surface area (Å²) in [5.41, 5.74) is 0. The van der Waals surface area contributed by atoms with E-state index in [9.17, 15) is 0 Å². The predicted octanol–water partition coefficient (Wildman–Crippen LogP) is -2.54. The summed E-state index contributed by atoms with van der Waals surface area (Å²) in [5, 5.41) is 0. The van der Waals surface area contributed by atoms with Gasteiger partial charge in [-0.05, 0) is 6.92 Å². The van der Waals surface area contributed by atoms with E-state index in [4.69, 9.17) is 0 Å². The van der Waals surface area contributed by atoms with Crippen LogP contribution in [0.3, 0.4) is 0 Å². The van der Waals surface area contributed by atoms with Crippen molar-refractivity contribution in [2.24, 2.45) is 0 Å². The highest BCUT2D eigenvalue weighted by Gasteiger charge is 1.86. The van der Waals surface area contributed by atoms with E-state index in [0.29, 0.717) is 0 Å². The lowest BCUT2D eigenvalue weighted by atomic mass is 10.5. The van der Waals surface area contributed by atoms with Crippen molar-refractivity contribution in [2.45, 2.75) is 13.5 Å². The molecule has 0 atom stereocenters. The molecule has 1 aromatic heterocycles. The van der Waals surface area contributed by atoms with Crippen molar-refractivity contribution < 1.29 is 28.5 Å². The first-order valence-electron chi connectivity index (χ1n) is 2.87. The first kappa shape index (κ1) is 8.88. The number of aryl methyl sites for hydroxylation is 1. The van der Waals surface area contributed by atoms with Crippen LogP contribution in [-0.4, -0.2) is 0 Å². The first-order valence-corrected chi connectivity index (χ1v) is 2.87. The molecule has 0 fully saturated rings. The van der Waals surface area contributed by atoms with Crippen molar-refractivity contribution in [1.29, 1.82) is 0 Å². The van der Waals surface area contributed by atoms with Crippen LogP contribution in [0.15, 0.2) is 30.6 Å². The van der Waals surface area contributed by atoms with Gasteiger partial charge in [0.15, 0.2) is 12.4 Å². The van der Waals surface area contributed by atoms with Gasteiger partial charge < -0.3 is 0 Å². The van der Waals surface area contributed by atoms with Gasteiger partial charge >= 0.3 is 0 Å². The van der Waals surface area contributed by atoms with Crippen molar-refractivity contribution in [3.63, 3.8) is 0 Å². The molecule has 0 unspecified atom stereocenters. The summed E-state index contributed by atoms with van der Waals surface area (Å²) in [6.45, 7) is 3.18. The molecule has 2 heteroatoms. The Balaban J connectivity index is 0.000000640. The van der Waals surface area contributed by atoms with Gasteiger partial charge in [0.25, 0.3) is 0 Å². The van der Waals surface area contributed by atoms with Crippen LogP contribution in [0.2, 0.25) is 0 Å². The Bertz CT molecular complexity index is 150. The molecule has 9 heavy (non-hydrogen) atoms. The van der Waals surface area contributed by atoms with Crippen molar-refractivity contribution in [3.8, 4) is 0 Å². The van der Waals surface area contributed by atoms with Gasteiger partial charge in [-0.25, -0.2) is 4.57 Å². The molecule has 0 N–H and O–H groups in total. The minimum Gasteiger partial charge on any atom is -0.205 e. The molecule has 1 rings (SSSR count). The van der Waals surface area contributed by atoms with E-state index in [1.807, 2.05) is 18.2 Å². The average molecular weight is 237 g/mol. The third kappa shape index (κ3) is 2.79. The van der Waals surface area contributed by atoms with Gasteiger partial charge in [-0.1, -0.05) is 6.07 Å². The lowest BCUT2D eigenvalue weighted by Gasteiger charge is -1.84. The Labute approximate surface area is 72.7 Å². The van der Waals surface area contributed by atoms with E-state index >= 15 is 0 Å². The number of hydrogen-bond donors (Lipinski definition) is 0. The number of hydrogen-bond acceptors (Lipinski definition) is 0. The lowest BCUT2D eigenvalue weighted by Crippen LogP contribution is -3.00. The molecule has 0 saturated heterocycles. The molecule has 1 aromatic rings. The second-order valence-corrected chi connectivity index (χ2v) is 1.71. The normalized spacial score (nSPS) is 8.11. The summed E-state index contributed by atoms with van der Waals surface area (Å²) >= 11 is 0. The van der Waals surface area contributed by atoms with E-state index in [-0.39, 0.29) is 24.0 Å². The molecule has 0 amide bonds. The maximum atomic E-state index is 2.12. The summed E-state index contributed by atoms with van der Waals surface area (Å²) in [5.74, 6) is 0. The Hall–Kier alpha value is -0.120. The molecule has 0 aromatic carbocycles. The van der Waals surface area contributed by atoms with Crippen LogP contribution in [0, 0.1) is 0 Å². The van der Waals surface area contributed by atoms with E-state index < -0.39 is 0 Å². The smallest absolute Gasteiger partial charge is 0.205 e. The second kappa shape index (κ2) is 4.73. The molecule has 0 spiro atoms. The Morgan fingerprint density at radius 3 is 2.00 bits per heavy atom. The van der Waals surface area contributed by atoms with Crippen molar-refractivity contribution in [2.75, 3.05) is 0 Å². The molecule has 0 saturated carbocycles. The van der Waals surface area contributed by atoms with E-state index in [2.05, 4.69) is 23.9 Å². The van der Waals surface area contributed by atoms with Crippen LogP contribution < -0.4 is 28.5 Å². The van der Waals surface area contributed by atoms with E-state index in [1.165, 1.54) is 0 Å². The van der Waals surface area contributed by atoms with E-state index in [0.717, 1.165) is 6.54 Å². The maximum absolute atomic E-state index is 2.12. The van der Waals surface area contributed by atoms with Crippen LogP contribution in [0.25, 0.3) is 0 Å². The van der Waals surface area contributed by atoms with Crippen LogP contribution in [0.5, 0.6) is 0 Å². The third-order valence-electron chi connectivity index (χ3n) is 1.14. The first-order chi connectivity index (χ1) is 3.93. The van der Waals surface area contributed by atoms with Gasteiger partial charge in [0, 0.05) is 12.1 Å². The number of rotatable bonds is 1. The summed E-state index contributed by atoms with van der Waals surface area (Å²) in [6, 6.07) is 6.08. The molecule has 0 radical (unpaired) electrons. The van der Waals surface area contributed by atoms with Crippen molar-refractivity contribution >= 4 is 0 Å². The molecule has 0 bridgehead atoms. The van der Waals surface area contributed by atoms with E-state index in [1.54, 1.807) is 0 Å². The van der Waals surface area contributed by atoms with Gasteiger partial charge in [-0.3, -0.25) is 0 Å². The molecular weight excluding hydrogens is 225 g/mol. The lowest BCUT2D eigenvalue weighted by molar-refractivity contribution is -0.693. The quantitative estimate of drug-likeness (QED) is 0.374. The fourth-order valence-electron chi connectivity index (χ4n) is 0.645. The van der Waals surface area contributed by atoms with Crippen molar-refractivity contribution in [3.05, 3.63) is 30.6 Å². The Kier molecular flexibility index (Phi) is 4.67. The Morgan fingerprint density at radius 2 is 1.67 bits per heavy atom. The topological polar surface area (TPSA) is 3.88 Å². The maximum Gasteiger partial charge on any atom is 0.235 e. The van der Waals surface area contributed by atoms with Gasteiger partial charge in [0.1, 0.15) is 6.54 Å². The number of halogens is 1. The number of aromatic nitrogens is 1. The zero-order valence-corrected chi connectivity index (χ0v) is 8.04. The van der Waals surface area contributed by atoms with Crippen LogP contribution in [0.4, 0.5) is 0 Å². The fourth-order valence-corrected chi connectivity index (χ4v) is 0.645. The molecule has 0 aliphatic rings. The summed E-state index contributed by atoms with van der Waals surface area (Å²) < 4.78 is 2.12. The van der Waals surface area contributed by atoms with Crippen molar-refractivity contribution in [1.82, 2.24) is 0 Å². The number of nitrogens with zero attached hydrogens (tertiary/aromatic N) is 1. The van der Waals surface area contributed by atoms with Gasteiger partial charge in [-0.15, -0.1) is 0 Å². The van der Waals surface area contributed by atoms with Crippen LogP contribution in [-0.2, 0) is 6.54 Å². The number of pyridine rings is 1. The standard InChI is InChI=1S/C7H10N.H2I/c1-2-8-6-4-3-5-7-8;/h3-7H,2H2,1H3;1H2/q2*+1. The Morgan fingerprint density at radius 1 is 1.11 bits per heavy atom. The molecule has 1 nitrogen and oxygen atoms in total. The predicted molar refractivity (Wildman–Crippen MR) is 35.1 cm³/mol. The molecule has 0 aliphatic carbocycles. The van der Waals surface area contributed by atoms with Crippen LogP contribution >= 0.6 is 0 Å². The molecule has 0 aliphatic heterocycles. The zero-order chi connectivity index (χ0) is 5.82. The largest absolute Gasteiger partial charge is 0.235 e. The van der Waals surface area contributed by atoms with Gasteiger partial charge in [0.05, 0.1) is 0 Å². The second-order valence-electron chi connectivity index (χ2n) is 1.71. The molecule has 1 heterocycles. The molecular formula is C7H12IN+2. The monoisotopic (exact) mass is 237 g/mol. The van der Waals surface area contributed by atoms with Crippen LogP contribution in [0.1, 0.15) is 6.92 Å². The van der Waals surface area contributed by atoms with Gasteiger partial charge in [0.2, 0.25) is 24.0 Å². The third-order valence-corrected chi connectivity index (χ3v) is 1.14. The summed E-state index contributed by atoms with van der Waals surface area (Å²) in [4.78, 5) is 0. The highest BCUT2D eigenvalue weighted by Crippen LogP contribution is 1.74. The average Bonchev–Trinajstić information content (AvgIpc) is 1.90. The molecule has 50 valence electrons. The SMILES string of the molecule is CC[n+]1ccccc1.[IH2+]. The minimum absolute atomic E-state index is 0. The fraction of sp³-hybridized carbons (Fsp3) is 0.286. The summed E-state index contributed by atoms with van der Waals surface area (Å²) in [6.07, 6.45) is 4.11.